The molecule has 0 bridgehead atoms. The molecule has 254 valence electrons. The summed E-state index contributed by atoms with van der Waals surface area (Å²) in [5.74, 6) is -3.78. The number of Topliss-reactive ketones (excluding diaryl/α,β-unsaturated/α-hetero) is 1. The highest BCUT2D eigenvalue weighted by molar-refractivity contribution is 7.80. The summed E-state index contributed by atoms with van der Waals surface area (Å²) in [6.45, 7) is 3.40. The Kier molecular flexibility index (Phi) is 10.5. The summed E-state index contributed by atoms with van der Waals surface area (Å²) in [5.41, 5.74) is 5.72. The van der Waals surface area contributed by atoms with Crippen molar-refractivity contribution in [3.05, 3.63) is 47.1 Å². The summed E-state index contributed by atoms with van der Waals surface area (Å²) in [5, 5.41) is 16.3. The van der Waals surface area contributed by atoms with E-state index >= 15 is 0 Å². The molecule has 1 saturated heterocycles. The van der Waals surface area contributed by atoms with Crippen LogP contribution >= 0.6 is 11.3 Å². The molecule has 3 heterocycles. The van der Waals surface area contributed by atoms with Crippen LogP contribution in [0.3, 0.4) is 0 Å². The molecule has 4 N–H and O–H groups in total. The fourth-order valence-electron chi connectivity index (χ4n) is 4.83. The van der Waals surface area contributed by atoms with Gasteiger partial charge in [-0.15, -0.1) is 15.6 Å². The minimum Gasteiger partial charge on any atom is -0.489 e. The van der Waals surface area contributed by atoms with E-state index in [-0.39, 0.29) is 10.8 Å². The van der Waals surface area contributed by atoms with Crippen molar-refractivity contribution in [2.45, 2.75) is 44.8 Å². The molecule has 4 rings (SSSR count). The van der Waals surface area contributed by atoms with Gasteiger partial charge < -0.3 is 24.9 Å². The van der Waals surface area contributed by atoms with E-state index in [2.05, 4.69) is 35.6 Å². The number of ether oxygens (including phenoxy) is 1. The van der Waals surface area contributed by atoms with E-state index in [9.17, 15) is 27.9 Å². The van der Waals surface area contributed by atoms with Gasteiger partial charge in [0.15, 0.2) is 16.6 Å². The van der Waals surface area contributed by atoms with Gasteiger partial charge in [0.1, 0.15) is 18.1 Å². The van der Waals surface area contributed by atoms with Crippen LogP contribution in [0.15, 0.2) is 40.9 Å². The first-order valence-corrected chi connectivity index (χ1v) is 16.6. The van der Waals surface area contributed by atoms with Crippen LogP contribution in [-0.2, 0) is 40.3 Å². The molecule has 47 heavy (non-hydrogen) atoms. The molecule has 1 fully saturated rings. The molecule has 0 saturated carbocycles. The Morgan fingerprint density at radius 1 is 1.19 bits per heavy atom. The number of nitrogen functional groups attached to an aromatic ring is 1. The zero-order chi connectivity index (χ0) is 34.7. The molecule has 2 aromatic heterocycles. The van der Waals surface area contributed by atoms with Gasteiger partial charge in [-0.05, 0) is 44.5 Å². The fourth-order valence-corrected chi connectivity index (χ4v) is 5.83. The van der Waals surface area contributed by atoms with Crippen molar-refractivity contribution in [3.8, 4) is 5.75 Å². The van der Waals surface area contributed by atoms with Crippen molar-refractivity contribution < 1.29 is 50.8 Å². The van der Waals surface area contributed by atoms with Crippen LogP contribution in [0, 0.1) is 5.92 Å². The number of nitrogens with two attached hydrogens (primary N) is 1. The van der Waals surface area contributed by atoms with Gasteiger partial charge in [0.25, 0.3) is 12.0 Å². The van der Waals surface area contributed by atoms with Crippen LogP contribution in [0.1, 0.15) is 38.1 Å². The average molecular weight is 694 g/mol. The number of aryl methyl sites for hydroxylation is 1. The number of pyridine rings is 1. The number of nitrogens with zero attached hydrogens (tertiary/aromatic N) is 5. The highest BCUT2D eigenvalue weighted by Gasteiger charge is 2.57. The number of carboxylic acids is 1. The van der Waals surface area contributed by atoms with Crippen LogP contribution in [0.25, 0.3) is 10.9 Å². The minimum absolute atomic E-state index is 0.0166. The standard InChI is InChI=1S/C29H36N6O10S2/c1-29(2)20(26(37)34(29)45-47(40,41)42)14-23(36)25(22-16-46-28(30)32-22)33-44-24(27(38)39)15-43-19-10-11-21-17(13-19)8-9-18(31-21)7-6-12-35(3,4)5/h8-11,13,16,20,24H,6-7,12,14-15H2,1-5H3,(H3-,30,32,38,39,40,41,42)/p+1/b33-25-/t20?,24-/m0/s1. The van der Waals surface area contributed by atoms with E-state index in [0.29, 0.717) is 10.8 Å². The molecular formula is C29H37N6O10S2+. The van der Waals surface area contributed by atoms with Crippen molar-refractivity contribution in [3.63, 3.8) is 0 Å². The lowest BCUT2D eigenvalue weighted by atomic mass is 9.74. The maximum absolute atomic E-state index is 13.3. The number of oxime groups is 1. The number of fused-ring (bicyclic) bond motifs is 1. The number of ketones is 1. The van der Waals surface area contributed by atoms with E-state index in [4.69, 9.17) is 24.8 Å². The largest absolute Gasteiger partial charge is 0.489 e. The maximum atomic E-state index is 13.3. The maximum Gasteiger partial charge on any atom is 0.418 e. The Morgan fingerprint density at radius 3 is 2.51 bits per heavy atom. The molecule has 1 aliphatic rings. The van der Waals surface area contributed by atoms with Crippen molar-refractivity contribution >= 4 is 61.1 Å². The van der Waals surface area contributed by atoms with Gasteiger partial charge in [0.2, 0.25) is 0 Å². The van der Waals surface area contributed by atoms with Gasteiger partial charge >= 0.3 is 16.4 Å². The molecule has 1 unspecified atom stereocenters. The SMILES string of the molecule is CC1(C)C(CC(=O)/C(=N\O[C@@H](COc2ccc3nc(CCC[N+](C)(C)C)ccc3c2)C(=O)O)c2csc(N)n2)C(=O)N1OS(=O)(=O)O. The number of benzene rings is 1. The van der Waals surface area contributed by atoms with Crippen LogP contribution in [0.2, 0.25) is 0 Å². The summed E-state index contributed by atoms with van der Waals surface area (Å²) in [6, 6.07) is 9.02. The molecule has 1 aliphatic heterocycles. The summed E-state index contributed by atoms with van der Waals surface area (Å²) in [6.07, 6.45) is -0.303. The number of amides is 1. The number of aliphatic carboxylic acids is 1. The third-order valence-electron chi connectivity index (χ3n) is 7.39. The molecule has 2 atom stereocenters. The smallest absolute Gasteiger partial charge is 0.418 e. The number of β-lactam (4-membered cyclic amide) rings is 1. The second-order valence-electron chi connectivity index (χ2n) is 12.5. The van der Waals surface area contributed by atoms with Gasteiger partial charge in [-0.3, -0.25) is 19.1 Å². The Morgan fingerprint density at radius 2 is 1.91 bits per heavy atom. The zero-order valence-corrected chi connectivity index (χ0v) is 28.1. The lowest BCUT2D eigenvalue weighted by molar-refractivity contribution is -0.870. The number of hydrogen-bond donors (Lipinski definition) is 3. The molecule has 0 radical (unpaired) electrons. The van der Waals surface area contributed by atoms with E-state index in [0.717, 1.165) is 51.8 Å². The molecule has 1 aromatic carbocycles. The van der Waals surface area contributed by atoms with E-state index in [1.807, 2.05) is 12.1 Å². The number of hydrogen-bond acceptors (Lipinski definition) is 13. The van der Waals surface area contributed by atoms with E-state index in [1.165, 1.54) is 19.2 Å². The van der Waals surface area contributed by atoms with Crippen LogP contribution in [-0.4, -0.2) is 107 Å². The number of carbonyl (C=O) groups is 3. The lowest BCUT2D eigenvalue weighted by Gasteiger charge is -2.50. The Hall–Kier alpha value is -4.23. The summed E-state index contributed by atoms with van der Waals surface area (Å²) < 4.78 is 42.1. The monoisotopic (exact) mass is 693 g/mol. The Labute approximate surface area is 275 Å². The van der Waals surface area contributed by atoms with Crippen molar-refractivity contribution in [2.24, 2.45) is 11.1 Å². The average Bonchev–Trinajstić information content (AvgIpc) is 3.40. The first-order chi connectivity index (χ1) is 21.8. The quantitative estimate of drug-likeness (QED) is 0.0644. The Balaban J connectivity index is 1.45. The third kappa shape index (κ3) is 9.19. The number of carboxylic acid groups (broad SMARTS) is 1. The van der Waals surface area contributed by atoms with Gasteiger partial charge in [0.05, 0.1) is 44.7 Å². The number of carbonyl (C=O) groups excluding carboxylic acids is 2. The van der Waals surface area contributed by atoms with Gasteiger partial charge in [-0.1, -0.05) is 11.2 Å². The van der Waals surface area contributed by atoms with Crippen LogP contribution in [0.4, 0.5) is 5.13 Å². The first kappa shape index (κ1) is 35.6. The third-order valence-corrected chi connectivity index (χ3v) is 8.40. The molecule has 18 heteroatoms. The van der Waals surface area contributed by atoms with Crippen molar-refractivity contribution in [2.75, 3.05) is 40.0 Å². The Bertz CT molecular complexity index is 1800. The first-order valence-electron chi connectivity index (χ1n) is 14.4. The topological polar surface area (TPSA) is 221 Å². The molecule has 1 amide bonds. The molecule has 3 aromatic rings. The number of anilines is 1. The molecule has 0 aliphatic carbocycles. The summed E-state index contributed by atoms with van der Waals surface area (Å²) in [7, 11) is 1.43. The van der Waals surface area contributed by atoms with Crippen LogP contribution < -0.4 is 10.5 Å². The van der Waals surface area contributed by atoms with E-state index < -0.39 is 64.4 Å². The summed E-state index contributed by atoms with van der Waals surface area (Å²) >= 11 is 0.992. The normalized spacial score (nSPS) is 17.3. The highest BCUT2D eigenvalue weighted by atomic mass is 32.3. The predicted octanol–water partition coefficient (Wildman–Crippen LogP) is 2.10. The highest BCUT2D eigenvalue weighted by Crippen LogP contribution is 2.40. The molecular weight excluding hydrogens is 656 g/mol. The minimum atomic E-state index is -4.99. The molecule has 0 spiro atoms. The summed E-state index contributed by atoms with van der Waals surface area (Å²) in [4.78, 5) is 51.9. The zero-order valence-electron chi connectivity index (χ0n) is 26.4. The number of quaternary nitrogens is 1. The molecule has 16 nitrogen and oxygen atoms in total. The van der Waals surface area contributed by atoms with Gasteiger partial charge in [-0.25, -0.2) is 9.78 Å². The predicted molar refractivity (Wildman–Crippen MR) is 171 cm³/mol. The van der Waals surface area contributed by atoms with Crippen molar-refractivity contribution in [1.82, 2.24) is 15.0 Å². The van der Waals surface area contributed by atoms with Gasteiger partial charge in [0, 0.05) is 29.3 Å². The second kappa shape index (κ2) is 13.9. The van der Waals surface area contributed by atoms with E-state index in [1.54, 1.807) is 18.2 Å². The van der Waals surface area contributed by atoms with Gasteiger partial charge in [-0.2, -0.15) is 13.5 Å². The number of rotatable bonds is 16. The van der Waals surface area contributed by atoms with Crippen molar-refractivity contribution in [1.29, 1.82) is 0 Å². The number of hydroxylamine groups is 2. The fraction of sp³-hybridized carbons (Fsp3) is 0.448. The number of thiazole rings is 1. The van der Waals surface area contributed by atoms with Crippen LogP contribution in [0.5, 0.6) is 5.75 Å². The lowest BCUT2D eigenvalue weighted by Crippen LogP contribution is -2.68. The number of aromatic nitrogens is 2. The second-order valence-corrected chi connectivity index (χ2v) is 14.4.